The molecular weight excluding hydrogens is 451 g/mol. The summed E-state index contributed by atoms with van der Waals surface area (Å²) in [4.78, 5) is 12.2. The van der Waals surface area contributed by atoms with Gasteiger partial charge in [-0.3, -0.25) is 9.10 Å². The second kappa shape index (κ2) is 7.50. The molecule has 0 heterocycles. The summed E-state index contributed by atoms with van der Waals surface area (Å²) in [5, 5.41) is 2.93. The van der Waals surface area contributed by atoms with Gasteiger partial charge in [0, 0.05) is 9.26 Å². The van der Waals surface area contributed by atoms with Crippen LogP contribution in [0.3, 0.4) is 0 Å². The van der Waals surface area contributed by atoms with E-state index in [1.807, 2.05) is 12.1 Å². The fourth-order valence-corrected chi connectivity index (χ4v) is 3.41. The maximum Gasteiger partial charge on any atom is 0.245 e. The van der Waals surface area contributed by atoms with Gasteiger partial charge in [0.2, 0.25) is 15.9 Å². The molecule has 0 bridgehead atoms. The summed E-state index contributed by atoms with van der Waals surface area (Å²) in [5.41, 5.74) is 0.873. The first-order valence-electron chi connectivity index (χ1n) is 6.55. The van der Waals surface area contributed by atoms with E-state index in [-0.39, 0.29) is 17.3 Å². The van der Waals surface area contributed by atoms with Gasteiger partial charge in [-0.25, -0.2) is 8.42 Å². The predicted molar refractivity (Wildman–Crippen MR) is 101 cm³/mol. The van der Waals surface area contributed by atoms with Crippen molar-refractivity contribution < 1.29 is 13.2 Å². The SMILES string of the molecule is CS(=O)(=O)N(CC(=O)Nc1ccc(I)cc1)c1ccccc1Cl. The molecule has 122 valence electrons. The second-order valence-corrected chi connectivity index (χ2v) is 8.34. The molecule has 1 amide bonds. The molecule has 2 aromatic rings. The highest BCUT2D eigenvalue weighted by molar-refractivity contribution is 14.1. The zero-order chi connectivity index (χ0) is 17.0. The minimum absolute atomic E-state index is 0.264. The standard InChI is InChI=1S/C15H14ClIN2O3S/c1-23(21,22)19(14-5-3-2-4-13(14)16)10-15(20)18-12-8-6-11(17)7-9-12/h2-9H,10H2,1H3,(H,18,20). The number of carbonyl (C=O) groups excluding carboxylic acids is 1. The molecule has 2 aromatic carbocycles. The van der Waals surface area contributed by atoms with Gasteiger partial charge < -0.3 is 5.32 Å². The Hall–Kier alpha value is -1.32. The van der Waals surface area contributed by atoms with Gasteiger partial charge in [0.15, 0.2) is 0 Å². The van der Waals surface area contributed by atoms with Gasteiger partial charge in [-0.05, 0) is 59.0 Å². The van der Waals surface area contributed by atoms with Crippen molar-refractivity contribution in [3.05, 3.63) is 57.1 Å². The lowest BCUT2D eigenvalue weighted by Crippen LogP contribution is -2.37. The zero-order valence-electron chi connectivity index (χ0n) is 12.2. The quantitative estimate of drug-likeness (QED) is 0.690. The highest BCUT2D eigenvalue weighted by Gasteiger charge is 2.22. The molecular formula is C15H14ClIN2O3S. The second-order valence-electron chi connectivity index (χ2n) is 4.78. The lowest BCUT2D eigenvalue weighted by molar-refractivity contribution is -0.114. The van der Waals surface area contributed by atoms with E-state index in [4.69, 9.17) is 11.6 Å². The summed E-state index contributed by atoms with van der Waals surface area (Å²) in [5.74, 6) is -0.448. The van der Waals surface area contributed by atoms with Crippen LogP contribution in [-0.2, 0) is 14.8 Å². The molecule has 5 nitrogen and oxygen atoms in total. The van der Waals surface area contributed by atoms with Gasteiger partial charge in [0.05, 0.1) is 17.0 Å². The molecule has 0 atom stereocenters. The van der Waals surface area contributed by atoms with Crippen molar-refractivity contribution in [3.8, 4) is 0 Å². The van der Waals surface area contributed by atoms with E-state index in [2.05, 4.69) is 27.9 Å². The number of benzene rings is 2. The first-order chi connectivity index (χ1) is 10.8. The Bertz CT molecular complexity index is 810. The molecule has 0 aliphatic rings. The highest BCUT2D eigenvalue weighted by atomic mass is 127. The van der Waals surface area contributed by atoms with Gasteiger partial charge in [0.1, 0.15) is 6.54 Å². The number of amides is 1. The van der Waals surface area contributed by atoms with Crippen LogP contribution in [0, 0.1) is 3.57 Å². The minimum atomic E-state index is -3.65. The van der Waals surface area contributed by atoms with Crippen LogP contribution in [0.1, 0.15) is 0 Å². The number of hydrogen-bond donors (Lipinski definition) is 1. The lowest BCUT2D eigenvalue weighted by atomic mass is 10.3. The number of rotatable bonds is 5. The van der Waals surface area contributed by atoms with E-state index in [0.717, 1.165) is 14.1 Å². The molecule has 23 heavy (non-hydrogen) atoms. The topological polar surface area (TPSA) is 66.5 Å². The molecule has 0 spiro atoms. The van der Waals surface area contributed by atoms with Crippen molar-refractivity contribution >= 4 is 61.5 Å². The lowest BCUT2D eigenvalue weighted by Gasteiger charge is -2.22. The van der Waals surface area contributed by atoms with Crippen LogP contribution in [0.15, 0.2) is 48.5 Å². The molecule has 1 N–H and O–H groups in total. The normalized spacial score (nSPS) is 11.1. The number of anilines is 2. The van der Waals surface area contributed by atoms with Crippen LogP contribution in [0.25, 0.3) is 0 Å². The largest absolute Gasteiger partial charge is 0.325 e. The predicted octanol–water partition coefficient (Wildman–Crippen LogP) is 3.35. The zero-order valence-corrected chi connectivity index (χ0v) is 15.9. The molecule has 0 aliphatic heterocycles. The Labute approximate surface area is 153 Å². The Kier molecular flexibility index (Phi) is 5.88. The van der Waals surface area contributed by atoms with Crippen molar-refractivity contribution in [1.29, 1.82) is 0 Å². The summed E-state index contributed by atoms with van der Waals surface area (Å²) in [6.45, 7) is -0.353. The van der Waals surface area contributed by atoms with E-state index in [9.17, 15) is 13.2 Å². The molecule has 0 unspecified atom stereocenters. The number of sulfonamides is 1. The molecule has 8 heteroatoms. The maximum absolute atomic E-state index is 12.2. The van der Waals surface area contributed by atoms with Gasteiger partial charge in [-0.1, -0.05) is 23.7 Å². The molecule has 0 fully saturated rings. The monoisotopic (exact) mass is 464 g/mol. The third-order valence-electron chi connectivity index (χ3n) is 2.94. The van der Waals surface area contributed by atoms with Crippen molar-refractivity contribution in [2.24, 2.45) is 0 Å². The molecule has 0 radical (unpaired) electrons. The van der Waals surface area contributed by atoms with E-state index in [0.29, 0.717) is 5.69 Å². The summed E-state index contributed by atoms with van der Waals surface area (Å²) < 4.78 is 26.0. The van der Waals surface area contributed by atoms with E-state index >= 15 is 0 Å². The van der Waals surface area contributed by atoms with E-state index < -0.39 is 15.9 Å². The summed E-state index contributed by atoms with van der Waals surface area (Å²) in [7, 11) is -3.65. The maximum atomic E-state index is 12.2. The number of nitrogens with zero attached hydrogens (tertiary/aromatic N) is 1. The van der Waals surface area contributed by atoms with E-state index in [1.165, 1.54) is 0 Å². The number of nitrogens with one attached hydrogen (secondary N) is 1. The van der Waals surface area contributed by atoms with Gasteiger partial charge in [-0.2, -0.15) is 0 Å². The summed E-state index contributed by atoms with van der Waals surface area (Å²) >= 11 is 8.20. The van der Waals surface area contributed by atoms with Crippen LogP contribution in [-0.4, -0.2) is 27.1 Å². The first-order valence-corrected chi connectivity index (χ1v) is 9.85. The summed E-state index contributed by atoms with van der Waals surface area (Å²) in [6, 6.07) is 13.7. The highest BCUT2D eigenvalue weighted by Crippen LogP contribution is 2.27. The van der Waals surface area contributed by atoms with Crippen LogP contribution in [0.4, 0.5) is 11.4 Å². The smallest absolute Gasteiger partial charge is 0.245 e. The third kappa shape index (κ3) is 5.08. The first kappa shape index (κ1) is 18.0. The van der Waals surface area contributed by atoms with Gasteiger partial charge in [0.25, 0.3) is 0 Å². The van der Waals surface area contributed by atoms with Crippen molar-refractivity contribution in [2.45, 2.75) is 0 Å². The number of carbonyl (C=O) groups is 1. The Morgan fingerprint density at radius 3 is 2.35 bits per heavy atom. The Balaban J connectivity index is 2.20. The fraction of sp³-hybridized carbons (Fsp3) is 0.133. The van der Waals surface area contributed by atoms with Crippen LogP contribution < -0.4 is 9.62 Å². The number of hydrogen-bond acceptors (Lipinski definition) is 3. The summed E-state index contributed by atoms with van der Waals surface area (Å²) in [6.07, 6.45) is 1.04. The fourth-order valence-electron chi connectivity index (χ4n) is 1.90. The van der Waals surface area contributed by atoms with E-state index in [1.54, 1.807) is 36.4 Å². The Morgan fingerprint density at radius 1 is 1.17 bits per heavy atom. The molecule has 0 aliphatic carbocycles. The average Bonchev–Trinajstić information content (AvgIpc) is 2.47. The molecule has 0 aromatic heterocycles. The molecule has 0 saturated carbocycles. The number of para-hydroxylation sites is 1. The number of halogens is 2. The average molecular weight is 465 g/mol. The molecule has 2 rings (SSSR count). The molecule has 0 saturated heterocycles. The van der Waals surface area contributed by atoms with Gasteiger partial charge in [-0.15, -0.1) is 0 Å². The van der Waals surface area contributed by atoms with Crippen molar-refractivity contribution in [1.82, 2.24) is 0 Å². The third-order valence-corrected chi connectivity index (χ3v) is 5.10. The van der Waals surface area contributed by atoms with Crippen molar-refractivity contribution in [2.75, 3.05) is 22.4 Å². The van der Waals surface area contributed by atoms with Crippen LogP contribution >= 0.6 is 34.2 Å². The minimum Gasteiger partial charge on any atom is -0.325 e. The Morgan fingerprint density at radius 2 is 1.78 bits per heavy atom. The van der Waals surface area contributed by atoms with Crippen molar-refractivity contribution in [3.63, 3.8) is 0 Å². The van der Waals surface area contributed by atoms with Gasteiger partial charge >= 0.3 is 0 Å². The van der Waals surface area contributed by atoms with Crippen LogP contribution in [0.2, 0.25) is 5.02 Å². The van der Waals surface area contributed by atoms with Crippen LogP contribution in [0.5, 0.6) is 0 Å².